The first-order chi connectivity index (χ1) is 10.6. The van der Waals surface area contributed by atoms with E-state index in [4.69, 9.17) is 4.42 Å². The minimum Gasteiger partial charge on any atom is -0.550 e. The number of furan rings is 1. The maximum absolute atomic E-state index is 12.6. The van der Waals surface area contributed by atoms with E-state index < -0.39 is 5.97 Å². The van der Waals surface area contributed by atoms with Crippen molar-refractivity contribution >= 4 is 29.3 Å². The summed E-state index contributed by atoms with van der Waals surface area (Å²) in [6, 6.07) is 11.2. The highest BCUT2D eigenvalue weighted by atomic mass is 32.2. The van der Waals surface area contributed by atoms with Gasteiger partial charge in [-0.2, -0.15) is 0 Å². The Morgan fingerprint density at radius 1 is 1.32 bits per heavy atom. The molecule has 0 bridgehead atoms. The number of carbonyl (C=O) groups excluding carboxylic acids is 2. The number of nitrogens with zero attached hydrogens (tertiary/aromatic N) is 1. The summed E-state index contributed by atoms with van der Waals surface area (Å²) in [5, 5.41) is 10.6. The number of anilines is 1. The van der Waals surface area contributed by atoms with Gasteiger partial charge in [0, 0.05) is 30.3 Å². The Morgan fingerprint density at radius 3 is 2.86 bits per heavy atom. The third-order valence-electron chi connectivity index (χ3n) is 3.49. The molecule has 6 heteroatoms. The standard InChI is InChI=1S/C16H15NO4S/c18-15-10-14(12-5-3-9-21-12)22-13-6-2-1-4-11(13)17(15)8-7-16(19)20/h1-6,9,14H,7-8,10H2,(H,19,20)/p-1. The van der Waals surface area contributed by atoms with E-state index in [1.165, 1.54) is 4.90 Å². The number of thioether (sulfide) groups is 1. The van der Waals surface area contributed by atoms with Gasteiger partial charge < -0.3 is 19.2 Å². The van der Waals surface area contributed by atoms with Crippen molar-refractivity contribution in [2.24, 2.45) is 0 Å². The number of rotatable bonds is 4. The summed E-state index contributed by atoms with van der Waals surface area (Å²) in [6.45, 7) is 0.115. The van der Waals surface area contributed by atoms with Gasteiger partial charge in [0.05, 0.1) is 17.2 Å². The lowest BCUT2D eigenvalue weighted by Gasteiger charge is -2.22. The average Bonchev–Trinajstić information content (AvgIpc) is 2.97. The van der Waals surface area contributed by atoms with Gasteiger partial charge in [-0.25, -0.2) is 0 Å². The van der Waals surface area contributed by atoms with E-state index in [1.54, 1.807) is 24.1 Å². The van der Waals surface area contributed by atoms with Gasteiger partial charge in [-0.1, -0.05) is 12.1 Å². The summed E-state index contributed by atoms with van der Waals surface area (Å²) in [7, 11) is 0. The van der Waals surface area contributed by atoms with Gasteiger partial charge in [-0.15, -0.1) is 11.8 Å². The van der Waals surface area contributed by atoms with Crippen LogP contribution in [0.3, 0.4) is 0 Å². The van der Waals surface area contributed by atoms with Crippen LogP contribution >= 0.6 is 11.8 Å². The number of aliphatic carboxylic acids is 1. The Hall–Kier alpha value is -2.21. The summed E-state index contributed by atoms with van der Waals surface area (Å²) in [5.41, 5.74) is 0.743. The predicted octanol–water partition coefficient (Wildman–Crippen LogP) is 1.99. The molecule has 0 fully saturated rings. The van der Waals surface area contributed by atoms with Crippen molar-refractivity contribution in [3.05, 3.63) is 48.4 Å². The SMILES string of the molecule is O=C([O-])CCN1C(=O)CC(c2ccco2)Sc2ccccc21. The number of amides is 1. The van der Waals surface area contributed by atoms with E-state index >= 15 is 0 Å². The van der Waals surface area contributed by atoms with Crippen molar-refractivity contribution in [2.75, 3.05) is 11.4 Å². The van der Waals surface area contributed by atoms with Crippen molar-refractivity contribution in [2.45, 2.75) is 23.0 Å². The fourth-order valence-corrected chi connectivity index (χ4v) is 3.70. The predicted molar refractivity (Wildman–Crippen MR) is 80.3 cm³/mol. The largest absolute Gasteiger partial charge is 0.550 e. The molecule has 22 heavy (non-hydrogen) atoms. The zero-order chi connectivity index (χ0) is 15.5. The van der Waals surface area contributed by atoms with Gasteiger partial charge in [-0.3, -0.25) is 4.79 Å². The summed E-state index contributed by atoms with van der Waals surface area (Å²) in [4.78, 5) is 25.7. The summed E-state index contributed by atoms with van der Waals surface area (Å²) < 4.78 is 5.43. The molecule has 1 amide bonds. The van der Waals surface area contributed by atoms with E-state index in [2.05, 4.69) is 0 Å². The molecule has 2 aromatic rings. The van der Waals surface area contributed by atoms with Gasteiger partial charge in [0.2, 0.25) is 5.91 Å². The molecule has 0 radical (unpaired) electrons. The van der Waals surface area contributed by atoms with Gasteiger partial charge in [0.25, 0.3) is 0 Å². The molecule has 0 saturated heterocycles. The highest BCUT2D eigenvalue weighted by molar-refractivity contribution is 7.99. The Labute approximate surface area is 131 Å². The molecule has 1 aliphatic heterocycles. The van der Waals surface area contributed by atoms with E-state index in [0.29, 0.717) is 0 Å². The lowest BCUT2D eigenvalue weighted by Crippen LogP contribution is -2.35. The first-order valence-electron chi connectivity index (χ1n) is 6.94. The number of carboxylic acids is 1. The van der Waals surface area contributed by atoms with Gasteiger partial charge in [0.15, 0.2) is 0 Å². The maximum Gasteiger partial charge on any atom is 0.228 e. The number of fused-ring (bicyclic) bond motifs is 1. The monoisotopic (exact) mass is 316 g/mol. The second-order valence-corrected chi connectivity index (χ2v) is 6.21. The Kier molecular flexibility index (Phi) is 4.20. The van der Waals surface area contributed by atoms with Crippen LogP contribution in [0.25, 0.3) is 0 Å². The number of hydrogen-bond donors (Lipinski definition) is 0. The summed E-state index contributed by atoms with van der Waals surface area (Å²) >= 11 is 1.56. The maximum atomic E-state index is 12.6. The molecule has 1 atom stereocenters. The Morgan fingerprint density at radius 2 is 2.14 bits per heavy atom. The number of carboxylic acid groups (broad SMARTS) is 1. The van der Waals surface area contributed by atoms with E-state index in [9.17, 15) is 14.7 Å². The molecular weight excluding hydrogens is 302 g/mol. The van der Waals surface area contributed by atoms with E-state index in [-0.39, 0.29) is 30.5 Å². The molecule has 1 aromatic heterocycles. The fraction of sp³-hybridized carbons (Fsp3) is 0.250. The van der Waals surface area contributed by atoms with Crippen LogP contribution in [0.15, 0.2) is 52.0 Å². The Bertz CT molecular complexity index is 683. The van der Waals surface area contributed by atoms with Crippen LogP contribution in [-0.4, -0.2) is 18.4 Å². The van der Waals surface area contributed by atoms with Crippen molar-refractivity contribution in [1.82, 2.24) is 0 Å². The summed E-state index contributed by atoms with van der Waals surface area (Å²) in [6.07, 6.45) is 1.67. The van der Waals surface area contributed by atoms with Crippen LogP contribution in [0.4, 0.5) is 5.69 Å². The molecule has 3 rings (SSSR count). The van der Waals surface area contributed by atoms with Crippen LogP contribution in [-0.2, 0) is 9.59 Å². The van der Waals surface area contributed by atoms with Gasteiger partial charge in [-0.05, 0) is 24.3 Å². The van der Waals surface area contributed by atoms with Crippen molar-refractivity contribution in [3.8, 4) is 0 Å². The molecule has 1 aromatic carbocycles. The lowest BCUT2D eigenvalue weighted by molar-refractivity contribution is -0.305. The highest BCUT2D eigenvalue weighted by Crippen LogP contribution is 2.45. The first kappa shape index (κ1) is 14.7. The molecule has 0 spiro atoms. The topological polar surface area (TPSA) is 73.6 Å². The zero-order valence-corrected chi connectivity index (χ0v) is 12.5. The fourth-order valence-electron chi connectivity index (χ4n) is 2.46. The Balaban J connectivity index is 1.94. The van der Waals surface area contributed by atoms with Gasteiger partial charge >= 0.3 is 0 Å². The van der Waals surface area contributed by atoms with Crippen molar-refractivity contribution < 1.29 is 19.1 Å². The van der Waals surface area contributed by atoms with Crippen LogP contribution in [0.5, 0.6) is 0 Å². The molecule has 1 unspecified atom stereocenters. The zero-order valence-electron chi connectivity index (χ0n) is 11.7. The lowest BCUT2D eigenvalue weighted by atomic mass is 10.2. The van der Waals surface area contributed by atoms with Crippen molar-refractivity contribution in [3.63, 3.8) is 0 Å². The number of carbonyl (C=O) groups is 2. The highest BCUT2D eigenvalue weighted by Gasteiger charge is 2.30. The van der Waals surface area contributed by atoms with Crippen LogP contribution in [0.1, 0.15) is 23.9 Å². The van der Waals surface area contributed by atoms with E-state index in [1.807, 2.05) is 30.3 Å². The minimum atomic E-state index is -1.16. The molecule has 5 nitrogen and oxygen atoms in total. The average molecular weight is 316 g/mol. The first-order valence-corrected chi connectivity index (χ1v) is 7.82. The molecule has 2 heterocycles. The number of benzene rings is 1. The number of hydrogen-bond acceptors (Lipinski definition) is 5. The second-order valence-electron chi connectivity index (χ2n) is 4.96. The smallest absolute Gasteiger partial charge is 0.228 e. The molecule has 0 N–H and O–H groups in total. The minimum absolute atomic E-state index is 0.111. The second kappa shape index (κ2) is 6.27. The van der Waals surface area contributed by atoms with Crippen LogP contribution < -0.4 is 10.0 Å². The quantitative estimate of drug-likeness (QED) is 0.862. The summed E-state index contributed by atoms with van der Waals surface area (Å²) in [5.74, 6) is -0.528. The number of para-hydroxylation sites is 1. The van der Waals surface area contributed by atoms with E-state index in [0.717, 1.165) is 16.3 Å². The van der Waals surface area contributed by atoms with Crippen LogP contribution in [0, 0.1) is 0 Å². The molecule has 114 valence electrons. The molecule has 0 aliphatic carbocycles. The van der Waals surface area contributed by atoms with Crippen molar-refractivity contribution in [1.29, 1.82) is 0 Å². The molecule has 1 aliphatic rings. The third-order valence-corrected chi connectivity index (χ3v) is 4.77. The molecule has 0 saturated carbocycles. The molecular formula is C16H14NO4S-. The van der Waals surface area contributed by atoms with Crippen LogP contribution in [0.2, 0.25) is 0 Å². The normalized spacial score (nSPS) is 17.9. The third kappa shape index (κ3) is 3.01. The van der Waals surface area contributed by atoms with Gasteiger partial charge in [0.1, 0.15) is 5.76 Å².